The number of hydrogen-bond acceptors (Lipinski definition) is 35. The van der Waals surface area contributed by atoms with Crippen LogP contribution < -0.4 is 0 Å². The summed E-state index contributed by atoms with van der Waals surface area (Å²) in [6.45, 7) is 14.6. The fourth-order valence-electron chi connectivity index (χ4n) is 20.4. The molecule has 0 amide bonds. The third kappa shape index (κ3) is 14.4. The molecule has 0 aromatic heterocycles. The number of aliphatic carboxylic acids is 1. The molecular weight excluding hydrogens is 1430 g/mol. The summed E-state index contributed by atoms with van der Waals surface area (Å²) in [5.74, 6) is -3.44. The zero-order valence-corrected chi connectivity index (χ0v) is 61.2. The van der Waals surface area contributed by atoms with Crippen LogP contribution in [0.15, 0.2) is 11.6 Å². The quantitative estimate of drug-likeness (QED) is 0.0263. The molecule has 36 nitrogen and oxygen atoms in total. The molecule has 0 radical (unpaired) electrons. The van der Waals surface area contributed by atoms with E-state index in [4.69, 9.17) is 66.3 Å². The minimum absolute atomic E-state index is 0.129. The van der Waals surface area contributed by atoms with Crippen LogP contribution in [0, 0.1) is 50.2 Å². The summed E-state index contributed by atoms with van der Waals surface area (Å²) in [4.78, 5) is 43.2. The number of hydrogen-bond donors (Lipinski definition) is 19. The Bertz CT molecular complexity index is 3130. The number of esters is 1. The summed E-state index contributed by atoms with van der Waals surface area (Å²) < 4.78 is 85.3. The van der Waals surface area contributed by atoms with Gasteiger partial charge >= 0.3 is 11.9 Å². The molecule has 36 heteroatoms. The van der Waals surface area contributed by atoms with Crippen molar-refractivity contribution in [1.29, 1.82) is 0 Å². The van der Waals surface area contributed by atoms with Crippen molar-refractivity contribution in [2.45, 2.75) is 341 Å². The summed E-state index contributed by atoms with van der Waals surface area (Å²) >= 11 is 0. The van der Waals surface area contributed by atoms with Gasteiger partial charge in [-0.3, -0.25) is 4.79 Å². The van der Waals surface area contributed by atoms with Crippen molar-refractivity contribution in [2.24, 2.45) is 50.2 Å². The molecule has 0 bridgehead atoms. The van der Waals surface area contributed by atoms with E-state index in [9.17, 15) is 107 Å². The van der Waals surface area contributed by atoms with Crippen LogP contribution in [0.3, 0.4) is 0 Å². The van der Waals surface area contributed by atoms with E-state index in [-0.39, 0.29) is 17.8 Å². The average molecular weight is 1540 g/mol. The molecule has 4 saturated carbocycles. The van der Waals surface area contributed by atoms with Gasteiger partial charge in [-0.15, -0.1) is 0 Å². The van der Waals surface area contributed by atoms with Crippen molar-refractivity contribution in [1.82, 2.24) is 0 Å². The maximum absolute atomic E-state index is 15.9. The van der Waals surface area contributed by atoms with E-state index in [1.165, 1.54) is 20.8 Å². The fraction of sp³-hybridized carbons (Fsp3) is 0.930. The Balaban J connectivity index is 0.807. The number of ether oxygens (including phenoxy) is 14. The lowest BCUT2D eigenvalue weighted by molar-refractivity contribution is -0.394. The normalized spacial score (nSPS) is 55.0. The molecule has 0 aromatic carbocycles. The molecule has 0 spiro atoms. The maximum Gasteiger partial charge on any atom is 0.335 e. The smallest absolute Gasteiger partial charge is 0.335 e. The van der Waals surface area contributed by atoms with Gasteiger partial charge in [-0.05, 0) is 124 Å². The number of carboxylic acid groups (broad SMARTS) is 1. The zero-order chi connectivity index (χ0) is 78.2. The minimum atomic E-state index is -2.22. The van der Waals surface area contributed by atoms with Crippen LogP contribution in [-0.2, 0) is 80.7 Å². The van der Waals surface area contributed by atoms with Gasteiger partial charge in [-0.25, -0.2) is 4.79 Å². The monoisotopic (exact) mass is 1540 g/mol. The lowest BCUT2D eigenvalue weighted by Gasteiger charge is -2.71. The van der Waals surface area contributed by atoms with Crippen LogP contribution in [0.5, 0.6) is 0 Å². The molecule has 7 heterocycles. The lowest BCUT2D eigenvalue weighted by atomic mass is 9.33. The van der Waals surface area contributed by atoms with Gasteiger partial charge in [-0.2, -0.15) is 0 Å². The van der Waals surface area contributed by atoms with E-state index in [1.807, 2.05) is 0 Å². The molecular formula is C71H112O36. The van der Waals surface area contributed by atoms with E-state index in [0.717, 1.165) is 11.9 Å². The number of carbonyl (C=O) groups is 3. The first-order valence-corrected chi connectivity index (χ1v) is 37.4. The van der Waals surface area contributed by atoms with Crippen LogP contribution >= 0.6 is 0 Å². The molecule has 12 aliphatic rings. The van der Waals surface area contributed by atoms with Gasteiger partial charge in [0, 0.05) is 0 Å². The highest BCUT2D eigenvalue weighted by molar-refractivity contribution is 5.79. The van der Waals surface area contributed by atoms with E-state index in [1.54, 1.807) is 6.92 Å². The van der Waals surface area contributed by atoms with Crippen LogP contribution in [0.4, 0.5) is 0 Å². The molecule has 11 fully saturated rings. The van der Waals surface area contributed by atoms with Gasteiger partial charge in [0.2, 0.25) is 6.29 Å². The fourth-order valence-corrected chi connectivity index (χ4v) is 20.4. The highest BCUT2D eigenvalue weighted by Crippen LogP contribution is 2.76. The number of rotatable bonds is 18. The molecule has 12 rings (SSSR count). The lowest BCUT2D eigenvalue weighted by Crippen LogP contribution is -2.69. The highest BCUT2D eigenvalue weighted by Gasteiger charge is 2.72. The maximum atomic E-state index is 15.9. The predicted octanol–water partition coefficient (Wildman–Crippen LogP) is -5.57. The van der Waals surface area contributed by atoms with Crippen molar-refractivity contribution in [3.63, 3.8) is 0 Å². The Kier molecular flexibility index (Phi) is 24.5. The highest BCUT2D eigenvalue weighted by atomic mass is 16.8. The number of fused-ring (bicyclic) bond motifs is 7. The SMILES string of the molecule is CC1O[C@@H](O[C@H]2C(O[C@@H]3OC(CO)[C@H](O)[C@@H](O)C3O)[C@H](O[C@H]3CC[C@@]4(C)C(CC[C@]5(C)C4CC=C4[C@@H]6CC(C)(C)CC[C@]6(C(=O)O[C@@H]6OC(C)[C@H](O)[C@@H](O)C6O[C@@H]6OC(C)[C@H](O[C@@H]7OC[C@@H](O)[C@@H](O)C7O)[C@H](O[C@@H]7OC(CO)[C@@H](O)[C@@H](O)C7O)C6O)CC[C@]45C)[C@]3(C)C=O)OC(C(=O)O)[C@H]2O)C(O)[C@@H](O)[C@H]1O. The second-order valence-electron chi connectivity index (χ2n) is 33.9. The Morgan fingerprint density at radius 1 is 0.477 bits per heavy atom. The van der Waals surface area contributed by atoms with Gasteiger partial charge in [0.25, 0.3) is 0 Å². The first-order valence-electron chi connectivity index (χ1n) is 37.4. The Labute approximate surface area is 617 Å². The summed E-state index contributed by atoms with van der Waals surface area (Å²) in [6, 6.07) is 0. The van der Waals surface area contributed by atoms with E-state index >= 15 is 4.79 Å². The van der Waals surface area contributed by atoms with E-state index < -0.39 is 286 Å². The molecule has 19 N–H and O–H groups in total. The summed E-state index contributed by atoms with van der Waals surface area (Å²) in [5.41, 5.74) is -3.64. The Morgan fingerprint density at radius 2 is 0.981 bits per heavy atom. The molecule has 7 saturated heterocycles. The number of aldehydes is 1. The van der Waals surface area contributed by atoms with Gasteiger partial charge < -0.3 is 168 Å². The topological polar surface area (TPSA) is 565 Å². The second kappa shape index (κ2) is 31.4. The molecule has 612 valence electrons. The number of carboxylic acids is 1. The molecule has 43 atom stereocenters. The largest absolute Gasteiger partial charge is 0.479 e. The van der Waals surface area contributed by atoms with Gasteiger partial charge in [0.1, 0.15) is 141 Å². The van der Waals surface area contributed by atoms with Crippen molar-refractivity contribution < 1.29 is 178 Å². The van der Waals surface area contributed by atoms with E-state index in [2.05, 4.69) is 40.7 Å². The molecule has 0 aromatic rings. The van der Waals surface area contributed by atoms with E-state index in [0.29, 0.717) is 57.8 Å². The number of allylic oxidation sites excluding steroid dienone is 2. The zero-order valence-electron chi connectivity index (χ0n) is 61.2. The number of aliphatic hydroxyl groups is 18. The summed E-state index contributed by atoms with van der Waals surface area (Å²) in [5, 5.41) is 208. The molecule has 15 unspecified atom stereocenters. The standard InChI is InChI=1S/C71H112O36/c1-25-36(76)41(81)46(86)59(95-25)102-52-49(89)54(57(91)92)104-64(56(52)106-61-48(88)43(83)40(80)32(22-73)99-61)100-35-13-14-67(6)33(68(35,7)24-74)12-15-70(9)34(67)11-10-28-29-20-66(4,5)16-18-71(29,19-17-69(28,70)8)65(93)107-63-55(44(84)37(77)26(2)96-63)105-62-50(90)53(103-60-47(87)42(82)39(79)31(21-72)98-60)51(27(3)97-62)101-58-45(85)38(78)30(75)23-94-58/h10,24-27,29-56,58-64,72-73,75-90H,11-23H2,1-9H3,(H,91,92)/t25?,26?,27?,29-,30+,31?,32?,33?,34?,35-,36-,37-,38+,39+,40-,41-,42+,43+,44+,45?,46?,47?,48?,49-,50?,51-,52+,53+,54?,55?,56?,58-,59-,60-,61-,62-,63-,64+,67-,68-,69+,70+,71-/m0/s1. The number of carbonyl (C=O) groups excluding carboxylic acids is 2. The average Bonchev–Trinajstić information content (AvgIpc) is 0.673. The minimum Gasteiger partial charge on any atom is -0.479 e. The van der Waals surface area contributed by atoms with Crippen molar-refractivity contribution in [2.75, 3.05) is 19.8 Å². The summed E-state index contributed by atoms with van der Waals surface area (Å²) in [7, 11) is 0. The number of aliphatic hydroxyl groups excluding tert-OH is 18. The van der Waals surface area contributed by atoms with Crippen molar-refractivity contribution >= 4 is 18.2 Å². The third-order valence-electron chi connectivity index (χ3n) is 27.2. The third-order valence-corrected chi connectivity index (χ3v) is 27.2. The van der Waals surface area contributed by atoms with Crippen molar-refractivity contribution in [3.05, 3.63) is 11.6 Å². The van der Waals surface area contributed by atoms with Crippen LogP contribution in [0.25, 0.3) is 0 Å². The van der Waals surface area contributed by atoms with Gasteiger partial charge in [-0.1, -0.05) is 53.2 Å². The summed E-state index contributed by atoms with van der Waals surface area (Å²) in [6.07, 6.45) is -55.3. The first-order chi connectivity index (χ1) is 50.2. The predicted molar refractivity (Wildman–Crippen MR) is 351 cm³/mol. The molecule has 7 aliphatic heterocycles. The van der Waals surface area contributed by atoms with Gasteiger partial charge in [0.15, 0.2) is 49.9 Å². The van der Waals surface area contributed by atoms with Crippen molar-refractivity contribution in [3.8, 4) is 0 Å². The Hall–Kier alpha value is -2.89. The van der Waals surface area contributed by atoms with Gasteiger partial charge in [0.05, 0.1) is 55.1 Å². The first kappa shape index (κ1) is 83.5. The Morgan fingerprint density at radius 3 is 1.57 bits per heavy atom. The second-order valence-corrected chi connectivity index (χ2v) is 33.9. The van der Waals surface area contributed by atoms with Crippen LogP contribution in [0.1, 0.15) is 127 Å². The van der Waals surface area contributed by atoms with Crippen LogP contribution in [-0.4, -0.2) is 350 Å². The molecule has 107 heavy (non-hydrogen) atoms. The van der Waals surface area contributed by atoms with Crippen LogP contribution in [0.2, 0.25) is 0 Å². The molecule has 5 aliphatic carbocycles.